The van der Waals surface area contributed by atoms with Crippen LogP contribution in [0, 0.1) is 0 Å². The number of nitrogens with zero attached hydrogens (tertiary/aromatic N) is 3. The zero-order valence-corrected chi connectivity index (χ0v) is 17.9. The average Bonchev–Trinajstić information content (AvgIpc) is 3.19. The van der Waals surface area contributed by atoms with Gasteiger partial charge >= 0.3 is 0 Å². The van der Waals surface area contributed by atoms with Crippen LogP contribution in [0.4, 0.5) is 0 Å². The van der Waals surface area contributed by atoms with E-state index < -0.39 is 0 Å². The smallest absolute Gasteiger partial charge is 0.243 e. The number of thiophene rings is 1. The summed E-state index contributed by atoms with van der Waals surface area (Å²) >= 11 is 1.77. The summed E-state index contributed by atoms with van der Waals surface area (Å²) in [5, 5.41) is 8.89. The fourth-order valence-electron chi connectivity index (χ4n) is 3.36. The van der Waals surface area contributed by atoms with E-state index in [1.807, 2.05) is 0 Å². The monoisotopic (exact) mass is 393 g/mol. The highest BCUT2D eigenvalue weighted by Gasteiger charge is 2.20. The van der Waals surface area contributed by atoms with Gasteiger partial charge < -0.3 is 15.5 Å². The van der Waals surface area contributed by atoms with Crippen molar-refractivity contribution in [2.75, 3.05) is 46.8 Å². The first-order valence-electron chi connectivity index (χ1n) is 10.1. The topological polar surface area (TPSA) is 60.0 Å². The Labute approximate surface area is 168 Å². The minimum atomic E-state index is 0.0106. The molecule has 7 heteroatoms. The molecule has 1 aliphatic rings. The molecular formula is C20H35N5OS. The van der Waals surface area contributed by atoms with Gasteiger partial charge in [-0.25, -0.2) is 4.99 Å². The Balaban J connectivity index is 1.82. The molecule has 152 valence electrons. The van der Waals surface area contributed by atoms with E-state index in [-0.39, 0.29) is 12.5 Å². The first-order valence-corrected chi connectivity index (χ1v) is 11.0. The third kappa shape index (κ3) is 7.89. The second-order valence-corrected chi connectivity index (χ2v) is 8.26. The van der Waals surface area contributed by atoms with Crippen LogP contribution >= 0.6 is 11.3 Å². The van der Waals surface area contributed by atoms with Gasteiger partial charge in [0, 0.05) is 44.6 Å². The van der Waals surface area contributed by atoms with Crippen molar-refractivity contribution in [3.05, 3.63) is 22.4 Å². The number of hydrogen-bond acceptors (Lipinski definition) is 4. The van der Waals surface area contributed by atoms with Crippen molar-refractivity contribution >= 4 is 23.2 Å². The number of aliphatic imine (C=N–C) groups is 1. The SMILES string of the molecule is CCC1CCCCN1CCNC(=NCC(=O)N(C)C)NCCc1cccs1. The van der Waals surface area contributed by atoms with Gasteiger partial charge in [-0.3, -0.25) is 9.69 Å². The number of likely N-dealkylation sites (tertiary alicyclic amines) is 1. The molecule has 27 heavy (non-hydrogen) atoms. The predicted molar refractivity (Wildman–Crippen MR) is 115 cm³/mol. The van der Waals surface area contributed by atoms with Gasteiger partial charge in [-0.15, -0.1) is 11.3 Å². The Hall–Kier alpha value is -1.60. The van der Waals surface area contributed by atoms with Gasteiger partial charge in [-0.1, -0.05) is 19.4 Å². The fourth-order valence-corrected chi connectivity index (χ4v) is 4.06. The number of nitrogens with one attached hydrogen (secondary N) is 2. The third-order valence-electron chi connectivity index (χ3n) is 5.03. The predicted octanol–water partition coefficient (Wildman–Crippen LogP) is 2.18. The van der Waals surface area contributed by atoms with Crippen molar-refractivity contribution in [2.24, 2.45) is 4.99 Å². The lowest BCUT2D eigenvalue weighted by Crippen LogP contribution is -2.46. The second kappa shape index (κ2) is 12.0. The molecule has 1 saturated heterocycles. The maximum Gasteiger partial charge on any atom is 0.243 e. The summed E-state index contributed by atoms with van der Waals surface area (Å²) in [6, 6.07) is 4.93. The highest BCUT2D eigenvalue weighted by atomic mass is 32.1. The number of likely N-dealkylation sites (N-methyl/N-ethyl adjacent to an activating group) is 1. The minimum absolute atomic E-state index is 0.0106. The summed E-state index contributed by atoms with van der Waals surface area (Å²) in [6.07, 6.45) is 6.15. The lowest BCUT2D eigenvalue weighted by molar-refractivity contribution is -0.127. The molecule has 1 fully saturated rings. The molecule has 0 radical (unpaired) electrons. The van der Waals surface area contributed by atoms with Crippen LogP contribution < -0.4 is 10.6 Å². The normalized spacial score (nSPS) is 18.3. The van der Waals surface area contributed by atoms with Crippen LogP contribution in [0.5, 0.6) is 0 Å². The van der Waals surface area contributed by atoms with E-state index in [2.05, 4.69) is 45.0 Å². The van der Waals surface area contributed by atoms with Gasteiger partial charge in [-0.05, 0) is 43.7 Å². The molecule has 0 aromatic carbocycles. The summed E-state index contributed by atoms with van der Waals surface area (Å²) in [5.41, 5.74) is 0. The van der Waals surface area contributed by atoms with E-state index in [0.717, 1.165) is 32.0 Å². The Kier molecular flexibility index (Phi) is 9.62. The van der Waals surface area contributed by atoms with Crippen LogP contribution in [0.2, 0.25) is 0 Å². The first kappa shape index (κ1) is 21.7. The van der Waals surface area contributed by atoms with Gasteiger partial charge in [0.15, 0.2) is 5.96 Å². The molecular weight excluding hydrogens is 358 g/mol. The average molecular weight is 394 g/mol. The molecule has 1 unspecified atom stereocenters. The number of piperidine rings is 1. The van der Waals surface area contributed by atoms with E-state index in [1.165, 1.54) is 37.1 Å². The third-order valence-corrected chi connectivity index (χ3v) is 5.96. The molecule has 2 N–H and O–H groups in total. The largest absolute Gasteiger partial charge is 0.356 e. The summed E-state index contributed by atoms with van der Waals surface area (Å²) in [4.78, 5) is 21.9. The number of hydrogen-bond donors (Lipinski definition) is 2. The lowest BCUT2D eigenvalue weighted by Gasteiger charge is -2.35. The molecule has 0 saturated carbocycles. The quantitative estimate of drug-likeness (QED) is 0.499. The summed E-state index contributed by atoms with van der Waals surface area (Å²) in [7, 11) is 3.52. The van der Waals surface area contributed by atoms with Crippen molar-refractivity contribution in [1.29, 1.82) is 0 Å². The second-order valence-electron chi connectivity index (χ2n) is 7.23. The zero-order valence-electron chi connectivity index (χ0n) is 17.0. The Morgan fingerprint density at radius 2 is 2.15 bits per heavy atom. The maximum atomic E-state index is 11.9. The molecule has 0 aliphatic carbocycles. The molecule has 1 aliphatic heterocycles. The van der Waals surface area contributed by atoms with Crippen molar-refractivity contribution < 1.29 is 4.79 Å². The summed E-state index contributed by atoms with van der Waals surface area (Å²) in [6.45, 7) is 6.32. The number of amides is 1. The Morgan fingerprint density at radius 3 is 2.85 bits per heavy atom. The van der Waals surface area contributed by atoms with Crippen LogP contribution in [0.15, 0.2) is 22.5 Å². The van der Waals surface area contributed by atoms with E-state index in [0.29, 0.717) is 6.04 Å². The van der Waals surface area contributed by atoms with Crippen LogP contribution in [-0.4, -0.2) is 74.5 Å². The van der Waals surface area contributed by atoms with Crippen LogP contribution in [0.25, 0.3) is 0 Å². The fraction of sp³-hybridized carbons (Fsp3) is 0.700. The minimum Gasteiger partial charge on any atom is -0.356 e. The van der Waals surface area contributed by atoms with Gasteiger partial charge in [-0.2, -0.15) is 0 Å². The van der Waals surface area contributed by atoms with Crippen molar-refractivity contribution in [3.8, 4) is 0 Å². The molecule has 1 aromatic heterocycles. The van der Waals surface area contributed by atoms with Gasteiger partial charge in [0.2, 0.25) is 5.91 Å². The van der Waals surface area contributed by atoms with Crippen molar-refractivity contribution in [3.63, 3.8) is 0 Å². The van der Waals surface area contributed by atoms with Gasteiger partial charge in [0.05, 0.1) is 0 Å². The van der Waals surface area contributed by atoms with Crippen LogP contribution in [0.3, 0.4) is 0 Å². The van der Waals surface area contributed by atoms with E-state index >= 15 is 0 Å². The van der Waals surface area contributed by atoms with E-state index in [4.69, 9.17) is 0 Å². The molecule has 1 amide bonds. The highest BCUT2D eigenvalue weighted by molar-refractivity contribution is 7.09. The van der Waals surface area contributed by atoms with Crippen molar-refractivity contribution in [2.45, 2.75) is 45.1 Å². The molecule has 6 nitrogen and oxygen atoms in total. The molecule has 2 heterocycles. The van der Waals surface area contributed by atoms with Gasteiger partial charge in [0.1, 0.15) is 6.54 Å². The van der Waals surface area contributed by atoms with E-state index in [9.17, 15) is 4.79 Å². The molecule has 1 atom stereocenters. The standard InChI is InChI=1S/C20H35N5OS/c1-4-17-8-5-6-13-25(17)14-12-22-20(23-16-19(26)24(2)3)21-11-10-18-9-7-15-27-18/h7,9,15,17H,4-6,8,10-14,16H2,1-3H3,(H2,21,22,23). The highest BCUT2D eigenvalue weighted by Crippen LogP contribution is 2.18. The number of carbonyl (C=O) groups excluding carboxylic acids is 1. The number of rotatable bonds is 9. The zero-order chi connectivity index (χ0) is 19.5. The van der Waals surface area contributed by atoms with Crippen LogP contribution in [0.1, 0.15) is 37.5 Å². The lowest BCUT2D eigenvalue weighted by atomic mass is 10.0. The number of carbonyl (C=O) groups is 1. The molecule has 0 spiro atoms. The maximum absolute atomic E-state index is 11.9. The molecule has 0 bridgehead atoms. The van der Waals surface area contributed by atoms with E-state index in [1.54, 1.807) is 30.3 Å². The first-order chi connectivity index (χ1) is 13.1. The van der Waals surface area contributed by atoms with Crippen molar-refractivity contribution in [1.82, 2.24) is 20.4 Å². The van der Waals surface area contributed by atoms with Gasteiger partial charge in [0.25, 0.3) is 0 Å². The Bertz CT molecular complexity index is 573. The Morgan fingerprint density at radius 1 is 1.33 bits per heavy atom. The molecule has 2 rings (SSSR count). The number of guanidine groups is 1. The molecule has 1 aromatic rings. The van der Waals surface area contributed by atoms with Crippen LogP contribution in [-0.2, 0) is 11.2 Å². The summed E-state index contributed by atoms with van der Waals surface area (Å²) < 4.78 is 0. The summed E-state index contributed by atoms with van der Waals surface area (Å²) in [5.74, 6) is 0.739.